The van der Waals surface area contributed by atoms with Crippen LogP contribution >= 0.6 is 0 Å². The van der Waals surface area contributed by atoms with Gasteiger partial charge in [-0.1, -0.05) is 25.6 Å². The lowest BCUT2D eigenvalue weighted by Gasteiger charge is -2.02. The van der Waals surface area contributed by atoms with Crippen molar-refractivity contribution in [2.75, 3.05) is 0 Å². The second-order valence-corrected chi connectivity index (χ2v) is 2.66. The number of halogens is 2. The Labute approximate surface area is 77.9 Å². The minimum absolute atomic E-state index is 0. The lowest BCUT2D eigenvalue weighted by Crippen LogP contribution is -1.95. The highest BCUT2D eigenvalue weighted by molar-refractivity contribution is 5.26. The topological polar surface area (TPSA) is 0 Å². The summed E-state index contributed by atoms with van der Waals surface area (Å²) in [6.45, 7) is 5.00. The third kappa shape index (κ3) is 2.38. The first-order valence-corrected chi connectivity index (χ1v) is 3.71. The predicted molar refractivity (Wildman–Crippen MR) is 51.7 cm³/mol. The van der Waals surface area contributed by atoms with E-state index < -0.39 is 11.6 Å². The molecule has 0 aliphatic carbocycles. The summed E-state index contributed by atoms with van der Waals surface area (Å²) in [4.78, 5) is 0. The van der Waals surface area contributed by atoms with Gasteiger partial charge >= 0.3 is 0 Å². The number of benzene rings is 1. The van der Waals surface area contributed by atoms with Crippen molar-refractivity contribution < 1.29 is 8.78 Å². The molecule has 13 heavy (non-hydrogen) atoms. The molecule has 0 atom stereocenters. The van der Waals surface area contributed by atoms with Crippen LogP contribution in [-0.4, -0.2) is 0 Å². The van der Waals surface area contributed by atoms with Gasteiger partial charge in [0.1, 0.15) is 0 Å². The molecule has 2 heteroatoms. The van der Waals surface area contributed by atoms with Gasteiger partial charge in [0.05, 0.1) is 0 Å². The molecule has 0 bridgehead atoms. The third-order valence-corrected chi connectivity index (χ3v) is 1.72. The minimum Gasteiger partial charge on any atom is -0.203 e. The van der Waals surface area contributed by atoms with Crippen molar-refractivity contribution in [2.45, 2.75) is 20.8 Å². The van der Waals surface area contributed by atoms with Gasteiger partial charge in [-0.15, -0.1) is 6.58 Å². The minimum atomic E-state index is -0.755. The van der Waals surface area contributed by atoms with Crippen LogP contribution < -0.4 is 0 Å². The molecule has 0 fully saturated rings. The Hall–Kier alpha value is -1.18. The number of hydrogen-bond acceptors (Lipinski definition) is 0. The molecule has 1 aromatic rings. The van der Waals surface area contributed by atoms with Crippen LogP contribution in [0.4, 0.5) is 8.78 Å². The van der Waals surface area contributed by atoms with E-state index in [-0.39, 0.29) is 7.43 Å². The summed E-state index contributed by atoms with van der Waals surface area (Å²) in [5.74, 6) is -1.51. The molecular weight excluding hydrogens is 170 g/mol. The lowest BCUT2D eigenvalue weighted by molar-refractivity contribution is 0.496. The first-order valence-electron chi connectivity index (χ1n) is 3.71. The van der Waals surface area contributed by atoms with E-state index in [0.29, 0.717) is 17.5 Å². The van der Waals surface area contributed by atoms with Gasteiger partial charge in [0, 0.05) is 0 Å². The Morgan fingerprint density at radius 2 is 1.92 bits per heavy atom. The first-order chi connectivity index (χ1) is 5.66. The first kappa shape index (κ1) is 11.8. The van der Waals surface area contributed by atoms with Crippen molar-refractivity contribution in [1.29, 1.82) is 0 Å². The highest BCUT2D eigenvalue weighted by Gasteiger charge is 2.08. The summed E-state index contributed by atoms with van der Waals surface area (Å²) >= 11 is 0. The van der Waals surface area contributed by atoms with Crippen molar-refractivity contribution in [3.05, 3.63) is 47.5 Å². The summed E-state index contributed by atoms with van der Waals surface area (Å²) in [5.41, 5.74) is 0.688. The van der Waals surface area contributed by atoms with E-state index in [1.165, 1.54) is 6.92 Å². The predicted octanol–water partition coefficient (Wildman–Crippen LogP) is 3.64. The average molecular weight is 184 g/mol. The smallest absolute Gasteiger partial charge is 0.162 e. The van der Waals surface area contributed by atoms with Gasteiger partial charge in [-0.2, -0.15) is 0 Å². The van der Waals surface area contributed by atoms with Crippen LogP contribution in [0.2, 0.25) is 0 Å². The highest BCUT2D eigenvalue weighted by atomic mass is 19.2. The summed E-state index contributed by atoms with van der Waals surface area (Å²) < 4.78 is 25.9. The summed E-state index contributed by atoms with van der Waals surface area (Å²) in [6.07, 6.45) is 1.91. The summed E-state index contributed by atoms with van der Waals surface area (Å²) in [6, 6.07) is 3.15. The third-order valence-electron chi connectivity index (χ3n) is 1.72. The lowest BCUT2D eigenvalue weighted by atomic mass is 10.1. The van der Waals surface area contributed by atoms with Crippen molar-refractivity contribution in [3.63, 3.8) is 0 Å². The van der Waals surface area contributed by atoms with E-state index in [9.17, 15) is 8.78 Å². The Morgan fingerprint density at radius 1 is 1.31 bits per heavy atom. The van der Waals surface area contributed by atoms with Crippen LogP contribution in [0.1, 0.15) is 18.6 Å². The zero-order valence-electron chi connectivity index (χ0n) is 6.90. The molecule has 0 heterocycles. The average Bonchev–Trinajstić information content (AvgIpc) is 2.07. The maximum Gasteiger partial charge on any atom is 0.162 e. The van der Waals surface area contributed by atoms with Crippen molar-refractivity contribution >= 4 is 0 Å². The van der Waals surface area contributed by atoms with Crippen LogP contribution in [0.15, 0.2) is 24.8 Å². The molecular formula is C11H14F2. The molecule has 0 aliphatic rings. The van der Waals surface area contributed by atoms with Gasteiger partial charge in [0.15, 0.2) is 11.6 Å². The van der Waals surface area contributed by atoms with Crippen molar-refractivity contribution in [2.24, 2.45) is 0 Å². The Bertz CT molecular complexity index is 303. The molecule has 0 unspecified atom stereocenters. The second kappa shape index (κ2) is 4.75. The van der Waals surface area contributed by atoms with Crippen molar-refractivity contribution in [1.82, 2.24) is 0 Å². The maximum atomic E-state index is 13.0. The zero-order chi connectivity index (χ0) is 9.14. The van der Waals surface area contributed by atoms with Gasteiger partial charge in [-0.25, -0.2) is 8.78 Å². The van der Waals surface area contributed by atoms with Gasteiger partial charge in [-0.3, -0.25) is 0 Å². The molecule has 0 radical (unpaired) electrons. The summed E-state index contributed by atoms with van der Waals surface area (Å²) in [5, 5.41) is 0. The molecule has 0 saturated carbocycles. The molecule has 1 aromatic carbocycles. The molecule has 1 rings (SSSR count). The van der Waals surface area contributed by atoms with Crippen molar-refractivity contribution in [3.8, 4) is 0 Å². The van der Waals surface area contributed by atoms with E-state index >= 15 is 0 Å². The van der Waals surface area contributed by atoms with Crippen LogP contribution in [0, 0.1) is 18.6 Å². The Morgan fingerprint density at radius 3 is 2.46 bits per heavy atom. The van der Waals surface area contributed by atoms with Crippen LogP contribution in [0.5, 0.6) is 0 Å². The van der Waals surface area contributed by atoms with Crippen LogP contribution in [0.3, 0.4) is 0 Å². The zero-order valence-corrected chi connectivity index (χ0v) is 6.90. The molecule has 0 amide bonds. The molecule has 0 saturated heterocycles. The number of hydrogen-bond donors (Lipinski definition) is 0. The van der Waals surface area contributed by atoms with Gasteiger partial charge in [0.25, 0.3) is 0 Å². The largest absolute Gasteiger partial charge is 0.203 e. The van der Waals surface area contributed by atoms with E-state index in [4.69, 9.17) is 0 Å². The highest BCUT2D eigenvalue weighted by Crippen LogP contribution is 2.15. The monoisotopic (exact) mass is 184 g/mol. The SMILES string of the molecule is C.C=CCc1ccc(C)c(F)c1F. The molecule has 0 aliphatic heterocycles. The van der Waals surface area contributed by atoms with Crippen LogP contribution in [0.25, 0.3) is 0 Å². The van der Waals surface area contributed by atoms with Gasteiger partial charge in [-0.05, 0) is 24.5 Å². The van der Waals surface area contributed by atoms with E-state index in [1.807, 2.05) is 0 Å². The quantitative estimate of drug-likeness (QED) is 0.615. The molecule has 72 valence electrons. The normalized spacial score (nSPS) is 9.15. The molecule has 0 nitrogen and oxygen atoms in total. The van der Waals surface area contributed by atoms with E-state index in [1.54, 1.807) is 18.2 Å². The molecule has 0 aromatic heterocycles. The fourth-order valence-electron chi connectivity index (χ4n) is 0.999. The maximum absolute atomic E-state index is 13.0. The second-order valence-electron chi connectivity index (χ2n) is 2.66. The number of aryl methyl sites for hydroxylation is 1. The van der Waals surface area contributed by atoms with E-state index in [0.717, 1.165) is 0 Å². The van der Waals surface area contributed by atoms with Gasteiger partial charge in [0.2, 0.25) is 0 Å². The van der Waals surface area contributed by atoms with Gasteiger partial charge < -0.3 is 0 Å². The molecule has 0 N–H and O–H groups in total. The fourth-order valence-corrected chi connectivity index (χ4v) is 0.999. The fraction of sp³-hybridized carbons (Fsp3) is 0.273. The van der Waals surface area contributed by atoms with Crippen LogP contribution in [-0.2, 0) is 6.42 Å². The molecule has 0 spiro atoms. The Kier molecular flexibility index (Phi) is 4.32. The number of rotatable bonds is 2. The summed E-state index contributed by atoms with van der Waals surface area (Å²) in [7, 11) is 0. The number of allylic oxidation sites excluding steroid dienone is 1. The van der Waals surface area contributed by atoms with E-state index in [2.05, 4.69) is 6.58 Å². The standard InChI is InChI=1S/C10H10F2.CH4/c1-3-4-8-6-5-7(2)9(11)10(8)12;/h3,5-6H,1,4H2,2H3;1H4. The Balaban J connectivity index is 0.00000144.